The summed E-state index contributed by atoms with van der Waals surface area (Å²) in [7, 11) is 0. The highest BCUT2D eigenvalue weighted by Gasteiger charge is 2.28. The third-order valence-electron chi connectivity index (χ3n) is 1.99. The molecule has 1 heterocycles. The van der Waals surface area contributed by atoms with Gasteiger partial charge in [-0.2, -0.15) is 28.6 Å². The first-order chi connectivity index (χ1) is 8.53. The Balaban J connectivity index is 2.04. The van der Waals surface area contributed by atoms with E-state index >= 15 is 0 Å². The molecule has 2 rings (SSSR count). The lowest BCUT2D eigenvalue weighted by Gasteiger charge is -2.05. The van der Waals surface area contributed by atoms with Gasteiger partial charge in [0.25, 0.3) is 0 Å². The maximum Gasteiger partial charge on any atom is 0.446 e. The molecule has 0 bridgehead atoms. The molecule has 1 aromatic carbocycles. The fourth-order valence-electron chi connectivity index (χ4n) is 1.25. The molecule has 18 heavy (non-hydrogen) atoms. The van der Waals surface area contributed by atoms with Crippen LogP contribution in [-0.2, 0) is 0 Å². The average Bonchev–Trinajstić information content (AvgIpc) is 2.79. The van der Waals surface area contributed by atoms with Gasteiger partial charge in [-0.25, -0.2) is 0 Å². The van der Waals surface area contributed by atoms with Gasteiger partial charge in [-0.15, -0.1) is 0 Å². The van der Waals surface area contributed by atoms with Crippen LogP contribution in [0.15, 0.2) is 35.4 Å². The predicted molar refractivity (Wildman–Crippen MR) is 63.7 cm³/mol. The van der Waals surface area contributed by atoms with E-state index in [0.717, 1.165) is 5.56 Å². The molecule has 94 valence electrons. The highest BCUT2D eigenvalue weighted by atomic mass is 32.2. The monoisotopic (exact) mass is 271 g/mol. The van der Waals surface area contributed by atoms with Crippen molar-refractivity contribution in [3.05, 3.63) is 41.7 Å². The molecule has 1 N–H and O–H groups in total. The van der Waals surface area contributed by atoms with Gasteiger partial charge in [0, 0.05) is 4.90 Å². The first kappa shape index (κ1) is 12.7. The molecule has 0 amide bonds. The Bertz CT molecular complexity index is 517. The fraction of sp³-hybridized carbons (Fsp3) is 0.0909. The topological polar surface area (TPSA) is 41.6 Å². The summed E-state index contributed by atoms with van der Waals surface area (Å²) in [6.07, 6.45) is 5.01. The summed E-state index contributed by atoms with van der Waals surface area (Å²) < 4.78 is 36.3. The second-order valence-electron chi connectivity index (χ2n) is 3.35. The number of alkyl halides is 3. The van der Waals surface area contributed by atoms with Gasteiger partial charge in [-0.3, -0.25) is 0 Å². The zero-order valence-corrected chi connectivity index (χ0v) is 9.79. The Kier molecular flexibility index (Phi) is 3.71. The van der Waals surface area contributed by atoms with Crippen molar-refractivity contribution < 1.29 is 13.2 Å². The normalized spacial score (nSPS) is 12.2. The molecule has 0 radical (unpaired) electrons. The molecular weight excluding hydrogens is 263 g/mol. The van der Waals surface area contributed by atoms with Crippen LogP contribution < -0.4 is 0 Å². The average molecular weight is 271 g/mol. The van der Waals surface area contributed by atoms with E-state index in [1.165, 1.54) is 12.1 Å². The Labute approximate surface area is 105 Å². The van der Waals surface area contributed by atoms with Crippen LogP contribution in [0.4, 0.5) is 13.2 Å². The zero-order chi connectivity index (χ0) is 13.0. The lowest BCUT2D eigenvalue weighted by atomic mass is 10.2. The maximum absolute atomic E-state index is 12.1. The number of hydrogen-bond acceptors (Lipinski definition) is 3. The predicted octanol–water partition coefficient (Wildman–Crippen LogP) is 3.59. The van der Waals surface area contributed by atoms with Crippen molar-refractivity contribution in [1.82, 2.24) is 15.4 Å². The van der Waals surface area contributed by atoms with Gasteiger partial charge in [0.1, 0.15) is 5.69 Å². The Morgan fingerprint density at radius 2 is 1.83 bits per heavy atom. The summed E-state index contributed by atoms with van der Waals surface area (Å²) in [5, 5.41) is 9.92. The van der Waals surface area contributed by atoms with Crippen LogP contribution in [0.25, 0.3) is 12.2 Å². The van der Waals surface area contributed by atoms with E-state index in [2.05, 4.69) is 15.4 Å². The molecular formula is C11H8F3N3S. The summed E-state index contributed by atoms with van der Waals surface area (Å²) in [5.41, 5.74) is -2.80. The molecule has 1 aromatic heterocycles. The first-order valence-corrected chi connectivity index (χ1v) is 5.74. The number of benzene rings is 1. The van der Waals surface area contributed by atoms with Crippen LogP contribution in [0, 0.1) is 0 Å². The van der Waals surface area contributed by atoms with Crippen molar-refractivity contribution in [1.29, 1.82) is 0 Å². The minimum absolute atomic E-state index is 0.126. The molecule has 7 heteroatoms. The number of halogens is 3. The molecule has 0 saturated heterocycles. The summed E-state index contributed by atoms with van der Waals surface area (Å²) >= 11 is -0.126. The Morgan fingerprint density at radius 1 is 1.11 bits per heavy atom. The molecule has 0 atom stereocenters. The molecule has 2 aromatic rings. The highest BCUT2D eigenvalue weighted by Crippen LogP contribution is 2.36. The fourth-order valence-corrected chi connectivity index (χ4v) is 1.79. The largest absolute Gasteiger partial charge is 0.446 e. The van der Waals surface area contributed by atoms with Crippen LogP contribution in [-0.4, -0.2) is 20.9 Å². The van der Waals surface area contributed by atoms with Crippen molar-refractivity contribution in [3.8, 4) is 0 Å². The van der Waals surface area contributed by atoms with Gasteiger partial charge in [-0.05, 0) is 35.5 Å². The molecule has 0 fully saturated rings. The summed E-state index contributed by atoms with van der Waals surface area (Å²) in [5.74, 6) is 0. The van der Waals surface area contributed by atoms with Crippen LogP contribution in [0.2, 0.25) is 0 Å². The molecule has 0 aliphatic rings. The van der Waals surface area contributed by atoms with E-state index in [-0.39, 0.29) is 16.7 Å². The third kappa shape index (κ3) is 3.92. The van der Waals surface area contributed by atoms with Gasteiger partial charge in [-0.1, -0.05) is 18.2 Å². The van der Waals surface area contributed by atoms with Gasteiger partial charge in [0.15, 0.2) is 0 Å². The molecule has 0 aliphatic heterocycles. The van der Waals surface area contributed by atoms with Gasteiger partial charge in [0.2, 0.25) is 0 Å². The highest BCUT2D eigenvalue weighted by molar-refractivity contribution is 8.00. The quantitative estimate of drug-likeness (QED) is 0.867. The van der Waals surface area contributed by atoms with E-state index in [1.807, 2.05) is 0 Å². The standard InChI is InChI=1S/C11H8F3N3S/c12-11(13,14)18-10-5-2-8(3-6-10)1-4-9-7-15-17-16-9/h1-7H,(H,15,16,17)/b4-1+. The number of aromatic amines is 1. The third-order valence-corrected chi connectivity index (χ3v) is 2.73. The number of nitrogens with one attached hydrogen (secondary N) is 1. The van der Waals surface area contributed by atoms with E-state index in [0.29, 0.717) is 5.69 Å². The number of rotatable bonds is 3. The Hall–Kier alpha value is -1.76. The molecule has 0 unspecified atom stereocenters. The van der Waals surface area contributed by atoms with Crippen molar-refractivity contribution in [2.75, 3.05) is 0 Å². The lowest BCUT2D eigenvalue weighted by Crippen LogP contribution is -1.98. The zero-order valence-electron chi connectivity index (χ0n) is 8.98. The van der Waals surface area contributed by atoms with E-state index in [9.17, 15) is 13.2 Å². The van der Waals surface area contributed by atoms with E-state index in [4.69, 9.17) is 0 Å². The summed E-state index contributed by atoms with van der Waals surface area (Å²) in [6, 6.07) is 6.09. The van der Waals surface area contributed by atoms with Crippen molar-refractivity contribution in [2.45, 2.75) is 10.4 Å². The van der Waals surface area contributed by atoms with Crippen LogP contribution in [0.5, 0.6) is 0 Å². The van der Waals surface area contributed by atoms with E-state index < -0.39 is 5.51 Å². The second-order valence-corrected chi connectivity index (χ2v) is 4.48. The van der Waals surface area contributed by atoms with Crippen LogP contribution in [0.1, 0.15) is 11.3 Å². The van der Waals surface area contributed by atoms with Gasteiger partial charge < -0.3 is 0 Å². The minimum Gasteiger partial charge on any atom is -0.197 e. The second kappa shape index (κ2) is 5.26. The molecule has 0 spiro atoms. The number of thioether (sulfide) groups is 1. The summed E-state index contributed by atoms with van der Waals surface area (Å²) in [6.45, 7) is 0. The van der Waals surface area contributed by atoms with Crippen LogP contribution >= 0.6 is 11.8 Å². The number of aromatic nitrogens is 3. The number of nitrogens with zero attached hydrogens (tertiary/aromatic N) is 2. The smallest absolute Gasteiger partial charge is 0.197 e. The molecule has 3 nitrogen and oxygen atoms in total. The number of hydrogen-bond donors (Lipinski definition) is 1. The van der Waals surface area contributed by atoms with Crippen molar-refractivity contribution in [2.24, 2.45) is 0 Å². The maximum atomic E-state index is 12.1. The minimum atomic E-state index is -4.25. The SMILES string of the molecule is FC(F)(F)Sc1ccc(/C=C/c2cn[nH]n2)cc1. The van der Waals surface area contributed by atoms with Crippen molar-refractivity contribution in [3.63, 3.8) is 0 Å². The number of H-pyrrole nitrogens is 1. The summed E-state index contributed by atoms with van der Waals surface area (Å²) in [4.78, 5) is 0.168. The van der Waals surface area contributed by atoms with Crippen LogP contribution in [0.3, 0.4) is 0 Å². The van der Waals surface area contributed by atoms with Gasteiger partial charge >= 0.3 is 5.51 Å². The van der Waals surface area contributed by atoms with Crippen molar-refractivity contribution >= 4 is 23.9 Å². The molecule has 0 saturated carbocycles. The Morgan fingerprint density at radius 3 is 2.39 bits per heavy atom. The van der Waals surface area contributed by atoms with Gasteiger partial charge in [0.05, 0.1) is 6.20 Å². The lowest BCUT2D eigenvalue weighted by molar-refractivity contribution is -0.0328. The molecule has 0 aliphatic carbocycles. The van der Waals surface area contributed by atoms with E-state index in [1.54, 1.807) is 30.5 Å². The first-order valence-electron chi connectivity index (χ1n) is 4.92.